The first-order valence-electron chi connectivity index (χ1n) is 9.57. The van der Waals surface area contributed by atoms with Gasteiger partial charge in [0.25, 0.3) is 5.82 Å². The van der Waals surface area contributed by atoms with Gasteiger partial charge in [-0.3, -0.25) is 0 Å². The standard InChI is InChI=1S/C22H26N2O/c1-3-9-18(10-4-1)15-16-24-21-14-8-7-13-20(21)23-22(24)17-25-19-11-5-2-6-12-19/h2,5-8,11-14,18H,1,3-4,9-10,15-17H2/p+1. The zero-order valence-corrected chi connectivity index (χ0v) is 14.8. The van der Waals surface area contributed by atoms with E-state index in [1.54, 1.807) is 0 Å². The molecule has 130 valence electrons. The summed E-state index contributed by atoms with van der Waals surface area (Å²) in [7, 11) is 0. The van der Waals surface area contributed by atoms with Crippen LogP contribution in [0.3, 0.4) is 0 Å². The fourth-order valence-electron chi connectivity index (χ4n) is 4.01. The minimum absolute atomic E-state index is 0.573. The van der Waals surface area contributed by atoms with Crippen molar-refractivity contribution >= 4 is 11.0 Å². The van der Waals surface area contributed by atoms with Crippen molar-refractivity contribution in [2.24, 2.45) is 5.92 Å². The lowest BCUT2D eigenvalue weighted by Gasteiger charge is -2.20. The van der Waals surface area contributed by atoms with Gasteiger partial charge in [-0.15, -0.1) is 0 Å². The molecule has 3 heteroatoms. The molecule has 0 radical (unpaired) electrons. The Bertz CT molecular complexity index is 803. The number of fused-ring (bicyclic) bond motifs is 1. The highest BCUT2D eigenvalue weighted by Crippen LogP contribution is 2.26. The predicted molar refractivity (Wildman–Crippen MR) is 100 cm³/mol. The molecule has 3 nitrogen and oxygen atoms in total. The summed E-state index contributed by atoms with van der Waals surface area (Å²) in [4.78, 5) is 3.56. The van der Waals surface area contributed by atoms with Crippen LogP contribution < -0.4 is 9.30 Å². The van der Waals surface area contributed by atoms with Crippen molar-refractivity contribution in [3.63, 3.8) is 0 Å². The van der Waals surface area contributed by atoms with E-state index < -0.39 is 0 Å². The fourth-order valence-corrected chi connectivity index (χ4v) is 4.01. The molecule has 1 N–H and O–H groups in total. The summed E-state index contributed by atoms with van der Waals surface area (Å²) in [6.07, 6.45) is 8.32. The SMILES string of the molecule is c1ccc(OCc2[nH]c3ccccc3[n+]2CCC2CCCCC2)cc1. The lowest BCUT2D eigenvalue weighted by atomic mass is 9.87. The van der Waals surface area contributed by atoms with Crippen LogP contribution in [0.4, 0.5) is 0 Å². The molecule has 1 heterocycles. The molecule has 0 unspecified atom stereocenters. The van der Waals surface area contributed by atoms with Gasteiger partial charge >= 0.3 is 0 Å². The molecular formula is C22H27N2O+. The Labute approximate surface area is 149 Å². The first kappa shape index (κ1) is 16.2. The highest BCUT2D eigenvalue weighted by atomic mass is 16.5. The largest absolute Gasteiger partial charge is 0.481 e. The van der Waals surface area contributed by atoms with E-state index in [-0.39, 0.29) is 0 Å². The van der Waals surface area contributed by atoms with Crippen LogP contribution >= 0.6 is 0 Å². The molecule has 0 bridgehead atoms. The second-order valence-corrected chi connectivity index (χ2v) is 7.13. The number of hydrogen-bond acceptors (Lipinski definition) is 1. The molecule has 2 aromatic carbocycles. The Balaban J connectivity index is 1.52. The number of aryl methyl sites for hydroxylation is 1. The van der Waals surface area contributed by atoms with Crippen LogP contribution in [-0.4, -0.2) is 4.98 Å². The van der Waals surface area contributed by atoms with Gasteiger partial charge in [0.05, 0.1) is 6.54 Å². The maximum absolute atomic E-state index is 6.00. The number of aromatic amines is 1. The molecule has 4 rings (SSSR count). The third-order valence-corrected chi connectivity index (χ3v) is 5.40. The minimum atomic E-state index is 0.573. The van der Waals surface area contributed by atoms with Crippen LogP contribution in [-0.2, 0) is 13.2 Å². The van der Waals surface area contributed by atoms with Crippen LogP contribution in [0.5, 0.6) is 5.75 Å². The van der Waals surface area contributed by atoms with E-state index in [0.717, 1.165) is 24.0 Å². The molecule has 1 aliphatic carbocycles. The highest BCUT2D eigenvalue weighted by Gasteiger charge is 2.21. The normalized spacial score (nSPS) is 15.5. The lowest BCUT2D eigenvalue weighted by Crippen LogP contribution is -2.38. The van der Waals surface area contributed by atoms with Crippen LogP contribution in [0, 0.1) is 5.92 Å². The number of benzene rings is 2. The van der Waals surface area contributed by atoms with Gasteiger partial charge in [-0.2, -0.15) is 0 Å². The van der Waals surface area contributed by atoms with Crippen molar-refractivity contribution < 1.29 is 9.30 Å². The van der Waals surface area contributed by atoms with E-state index in [9.17, 15) is 0 Å². The van der Waals surface area contributed by atoms with Gasteiger partial charge in [-0.25, -0.2) is 9.55 Å². The Hall–Kier alpha value is -2.29. The van der Waals surface area contributed by atoms with E-state index in [0.29, 0.717) is 6.61 Å². The average Bonchev–Trinajstić information content (AvgIpc) is 3.04. The monoisotopic (exact) mass is 335 g/mol. The summed E-state index contributed by atoms with van der Waals surface area (Å²) in [5, 5.41) is 0. The summed E-state index contributed by atoms with van der Waals surface area (Å²) < 4.78 is 8.43. The van der Waals surface area contributed by atoms with Gasteiger partial charge in [-0.05, 0) is 36.6 Å². The second-order valence-electron chi connectivity index (χ2n) is 7.13. The van der Waals surface area contributed by atoms with Crippen LogP contribution in [0.15, 0.2) is 54.6 Å². The quantitative estimate of drug-likeness (QED) is 0.631. The van der Waals surface area contributed by atoms with Crippen molar-refractivity contribution in [3.8, 4) is 5.75 Å². The topological polar surface area (TPSA) is 28.9 Å². The molecule has 1 saturated carbocycles. The number of hydrogen-bond donors (Lipinski definition) is 1. The number of H-pyrrole nitrogens is 1. The maximum atomic E-state index is 6.00. The third kappa shape index (κ3) is 3.87. The molecule has 1 aliphatic rings. The van der Waals surface area contributed by atoms with Gasteiger partial charge in [0.15, 0.2) is 17.6 Å². The summed E-state index contributed by atoms with van der Waals surface area (Å²) >= 11 is 0. The molecule has 0 saturated heterocycles. The van der Waals surface area contributed by atoms with Crippen molar-refractivity contribution in [2.75, 3.05) is 0 Å². The number of ether oxygens (including phenoxy) is 1. The van der Waals surface area contributed by atoms with Gasteiger partial charge in [0.1, 0.15) is 5.75 Å². The summed E-state index contributed by atoms with van der Waals surface area (Å²) in [5.74, 6) is 2.96. The number of rotatable bonds is 6. The zero-order valence-electron chi connectivity index (χ0n) is 14.8. The summed E-state index contributed by atoms with van der Waals surface area (Å²) in [6.45, 7) is 1.64. The number of para-hydroxylation sites is 3. The molecule has 0 aliphatic heterocycles. The van der Waals surface area contributed by atoms with Crippen LogP contribution in [0.2, 0.25) is 0 Å². The fraction of sp³-hybridized carbons (Fsp3) is 0.409. The van der Waals surface area contributed by atoms with Crippen molar-refractivity contribution in [2.45, 2.75) is 51.7 Å². The molecule has 0 atom stereocenters. The Morgan fingerprint density at radius 3 is 2.52 bits per heavy atom. The average molecular weight is 335 g/mol. The Kier molecular flexibility index (Phi) is 5.01. The van der Waals surface area contributed by atoms with Gasteiger partial charge < -0.3 is 4.74 Å². The number of imidazole rings is 1. The third-order valence-electron chi connectivity index (χ3n) is 5.40. The summed E-state index contributed by atoms with van der Waals surface area (Å²) in [6, 6.07) is 18.6. The molecule has 3 aromatic rings. The van der Waals surface area contributed by atoms with E-state index in [1.165, 1.54) is 49.6 Å². The molecule has 1 fully saturated rings. The van der Waals surface area contributed by atoms with Crippen molar-refractivity contribution in [1.29, 1.82) is 0 Å². The van der Waals surface area contributed by atoms with E-state index in [1.807, 2.05) is 30.3 Å². The molecule has 25 heavy (non-hydrogen) atoms. The predicted octanol–water partition coefficient (Wildman–Crippen LogP) is 5.00. The first-order chi connectivity index (χ1) is 12.4. The lowest BCUT2D eigenvalue weighted by molar-refractivity contribution is -0.681. The van der Waals surface area contributed by atoms with Gasteiger partial charge in [0.2, 0.25) is 0 Å². The van der Waals surface area contributed by atoms with E-state index in [4.69, 9.17) is 4.74 Å². The Morgan fingerprint density at radius 1 is 0.920 bits per heavy atom. The number of aromatic nitrogens is 2. The highest BCUT2D eigenvalue weighted by molar-refractivity contribution is 5.70. The molecule has 0 amide bonds. The smallest absolute Gasteiger partial charge is 0.293 e. The Morgan fingerprint density at radius 2 is 1.68 bits per heavy atom. The van der Waals surface area contributed by atoms with E-state index >= 15 is 0 Å². The first-order valence-corrected chi connectivity index (χ1v) is 9.57. The van der Waals surface area contributed by atoms with Crippen LogP contribution in [0.1, 0.15) is 44.3 Å². The second kappa shape index (κ2) is 7.73. The van der Waals surface area contributed by atoms with Gasteiger partial charge in [0, 0.05) is 0 Å². The molecule has 1 aromatic heterocycles. The van der Waals surface area contributed by atoms with Gasteiger partial charge in [-0.1, -0.05) is 62.4 Å². The van der Waals surface area contributed by atoms with Crippen molar-refractivity contribution in [1.82, 2.24) is 4.98 Å². The summed E-state index contributed by atoms with van der Waals surface area (Å²) in [5.41, 5.74) is 2.47. The number of nitrogens with zero attached hydrogens (tertiary/aromatic N) is 1. The van der Waals surface area contributed by atoms with E-state index in [2.05, 4.69) is 33.8 Å². The van der Waals surface area contributed by atoms with Crippen molar-refractivity contribution in [3.05, 3.63) is 60.4 Å². The number of nitrogens with one attached hydrogen (secondary N) is 1. The zero-order chi connectivity index (χ0) is 16.9. The molecule has 0 spiro atoms. The molecular weight excluding hydrogens is 308 g/mol. The maximum Gasteiger partial charge on any atom is 0.293 e. The van der Waals surface area contributed by atoms with Crippen LogP contribution in [0.25, 0.3) is 11.0 Å². The minimum Gasteiger partial charge on any atom is -0.481 e.